The summed E-state index contributed by atoms with van der Waals surface area (Å²) in [6.45, 7) is 4.62. The Balaban J connectivity index is 1.45. The lowest BCUT2D eigenvalue weighted by Gasteiger charge is -2.34. The van der Waals surface area contributed by atoms with Crippen molar-refractivity contribution in [1.29, 1.82) is 0 Å². The van der Waals surface area contributed by atoms with E-state index in [0.29, 0.717) is 54.5 Å². The van der Waals surface area contributed by atoms with Crippen LogP contribution in [0.1, 0.15) is 79.9 Å². The molecule has 10 nitrogen and oxygen atoms in total. The number of ether oxygens (including phenoxy) is 2. The molecule has 11 heteroatoms. The molecule has 0 bridgehead atoms. The number of aryl methyl sites for hydroxylation is 1. The topological polar surface area (TPSA) is 144 Å². The van der Waals surface area contributed by atoms with Crippen molar-refractivity contribution in [3.8, 4) is 0 Å². The number of aliphatic hydroxyl groups is 1. The van der Waals surface area contributed by atoms with Gasteiger partial charge in [0.25, 0.3) is 0 Å². The zero-order valence-corrected chi connectivity index (χ0v) is 25.1. The zero-order chi connectivity index (χ0) is 31.3. The van der Waals surface area contributed by atoms with Crippen LogP contribution in [0, 0.1) is 18.7 Å². The van der Waals surface area contributed by atoms with Crippen molar-refractivity contribution >= 4 is 40.0 Å². The molecule has 3 aliphatic carbocycles. The van der Waals surface area contributed by atoms with Crippen LogP contribution in [0.25, 0.3) is 16.5 Å². The molecular weight excluding hydrogens is 569 g/mol. The summed E-state index contributed by atoms with van der Waals surface area (Å²) in [4.78, 5) is 55.4. The number of fused-ring (bicyclic) bond motifs is 4. The minimum Gasteiger partial charge on any atom is -0.458 e. The van der Waals surface area contributed by atoms with E-state index in [9.17, 15) is 24.3 Å². The first-order valence-electron chi connectivity index (χ1n) is 15.2. The van der Waals surface area contributed by atoms with Crippen LogP contribution >= 0.6 is 0 Å². The minimum absolute atomic E-state index is 0.0296. The van der Waals surface area contributed by atoms with Gasteiger partial charge in [-0.25, -0.2) is 14.2 Å². The molecule has 1 unspecified atom stereocenters. The third-order valence-corrected chi connectivity index (χ3v) is 9.52. The van der Waals surface area contributed by atoms with Crippen molar-refractivity contribution in [2.75, 3.05) is 19.9 Å². The highest BCUT2D eigenvalue weighted by Crippen LogP contribution is 2.49. The quantitative estimate of drug-likeness (QED) is 0.248. The van der Waals surface area contributed by atoms with Gasteiger partial charge >= 0.3 is 5.97 Å². The predicted molar refractivity (Wildman–Crippen MR) is 158 cm³/mol. The number of Topliss-reactive ketones (excluding diaryl/α,β-unsaturated/α-hetero) is 1. The number of benzene rings is 1. The molecule has 1 aliphatic heterocycles. The fourth-order valence-electron chi connectivity index (χ4n) is 7.07. The molecule has 6 rings (SSSR count). The van der Waals surface area contributed by atoms with E-state index in [0.717, 1.165) is 27.6 Å². The number of carbonyl (C=O) groups is 4. The van der Waals surface area contributed by atoms with Gasteiger partial charge in [0.05, 0.1) is 17.3 Å². The molecule has 0 radical (unpaired) electrons. The molecule has 44 heavy (non-hydrogen) atoms. The summed E-state index contributed by atoms with van der Waals surface area (Å²) < 4.78 is 25.8. The van der Waals surface area contributed by atoms with E-state index in [1.165, 1.54) is 6.07 Å². The molecule has 3 atom stereocenters. The summed E-state index contributed by atoms with van der Waals surface area (Å²) in [5.41, 5.74) is 3.67. The molecule has 0 saturated heterocycles. The molecule has 2 aromatic rings. The Morgan fingerprint density at radius 1 is 1.18 bits per heavy atom. The minimum atomic E-state index is -1.96. The van der Waals surface area contributed by atoms with Crippen molar-refractivity contribution < 1.29 is 38.1 Å². The number of ketones is 1. The standard InChI is InChI=1S/C33H36FN3O7/c1-4-27(39)35-15-43-14-28(40)36-24-8-7-18-16(3)23(34)12-25-29(18)30(24)20-10-17-6-9-26(38)21-13-44-32(41)33(42,5-2)22(21)11-19(17)31(20)37-25/h11-12,17,24,42H,4-10,13-15H2,1-3H3,(H,35,39)(H,36,40)/t17?,24-,33-/m0/s1. The lowest BCUT2D eigenvalue weighted by atomic mass is 9.79. The Morgan fingerprint density at radius 3 is 2.73 bits per heavy atom. The lowest BCUT2D eigenvalue weighted by molar-refractivity contribution is -0.163. The summed E-state index contributed by atoms with van der Waals surface area (Å²) in [7, 11) is 0. The summed E-state index contributed by atoms with van der Waals surface area (Å²) in [5.74, 6) is -1.96. The maximum atomic E-state index is 15.2. The van der Waals surface area contributed by atoms with Gasteiger partial charge < -0.3 is 25.2 Å². The van der Waals surface area contributed by atoms with Crippen molar-refractivity contribution in [3.05, 3.63) is 57.1 Å². The van der Waals surface area contributed by atoms with Crippen molar-refractivity contribution in [3.63, 3.8) is 0 Å². The normalized spacial score (nSPS) is 24.1. The van der Waals surface area contributed by atoms with Gasteiger partial charge in [-0.2, -0.15) is 0 Å². The Bertz CT molecular complexity index is 1680. The predicted octanol–water partition coefficient (Wildman–Crippen LogP) is 3.20. The maximum Gasteiger partial charge on any atom is 0.343 e. The van der Waals surface area contributed by atoms with Crippen LogP contribution < -0.4 is 10.6 Å². The number of pyridine rings is 1. The molecular formula is C33H36FN3O7. The molecule has 0 saturated carbocycles. The summed E-state index contributed by atoms with van der Waals surface area (Å²) >= 11 is 0. The highest BCUT2D eigenvalue weighted by molar-refractivity contribution is 6.03. The van der Waals surface area contributed by atoms with Gasteiger partial charge in [0.1, 0.15) is 25.8 Å². The average Bonchev–Trinajstić information content (AvgIpc) is 3.34. The number of aromatic nitrogens is 1. The van der Waals surface area contributed by atoms with Gasteiger partial charge in [0, 0.05) is 35.4 Å². The van der Waals surface area contributed by atoms with E-state index in [1.54, 1.807) is 26.8 Å². The SMILES string of the molecule is CCC(=O)NCOCC(=O)N[C@H]1CCc2c(C)c(F)cc3nc4c(c1c23)CC1CCC(=O)C2=C(C=C41)[C@@](O)(CC)C(=O)OC2. The van der Waals surface area contributed by atoms with E-state index in [-0.39, 0.29) is 67.7 Å². The first-order valence-corrected chi connectivity index (χ1v) is 15.2. The van der Waals surface area contributed by atoms with Crippen LogP contribution in [-0.2, 0) is 41.5 Å². The second-order valence-corrected chi connectivity index (χ2v) is 12.0. The van der Waals surface area contributed by atoms with Gasteiger partial charge in [0.15, 0.2) is 11.4 Å². The fourth-order valence-corrected chi connectivity index (χ4v) is 7.07. The van der Waals surface area contributed by atoms with Crippen LogP contribution in [0.15, 0.2) is 23.3 Å². The van der Waals surface area contributed by atoms with E-state index in [2.05, 4.69) is 10.6 Å². The Hall–Kier alpha value is -3.96. The van der Waals surface area contributed by atoms with Crippen LogP contribution in [-0.4, -0.2) is 59.2 Å². The monoisotopic (exact) mass is 605 g/mol. The Morgan fingerprint density at radius 2 is 1.98 bits per heavy atom. The summed E-state index contributed by atoms with van der Waals surface area (Å²) in [5, 5.41) is 17.9. The van der Waals surface area contributed by atoms with Gasteiger partial charge in [-0.3, -0.25) is 14.4 Å². The number of nitrogens with zero attached hydrogens (tertiary/aromatic N) is 1. The highest BCUT2D eigenvalue weighted by atomic mass is 19.1. The largest absolute Gasteiger partial charge is 0.458 e. The number of carbonyl (C=O) groups excluding carboxylic acids is 4. The first kappa shape index (κ1) is 30.1. The second-order valence-electron chi connectivity index (χ2n) is 12.0. The molecule has 0 fully saturated rings. The molecule has 4 aliphatic rings. The van der Waals surface area contributed by atoms with Gasteiger partial charge in [0.2, 0.25) is 11.8 Å². The van der Waals surface area contributed by atoms with E-state index < -0.39 is 17.6 Å². The van der Waals surface area contributed by atoms with Crippen LogP contribution in [0.3, 0.4) is 0 Å². The second kappa shape index (κ2) is 11.5. The van der Waals surface area contributed by atoms with Gasteiger partial charge in [-0.1, -0.05) is 13.8 Å². The average molecular weight is 606 g/mol. The van der Waals surface area contributed by atoms with E-state index in [4.69, 9.17) is 14.5 Å². The number of hydrogen-bond donors (Lipinski definition) is 3. The van der Waals surface area contributed by atoms with Crippen LogP contribution in [0.5, 0.6) is 0 Å². The third kappa shape index (κ3) is 4.92. The molecule has 232 valence electrons. The van der Waals surface area contributed by atoms with Crippen molar-refractivity contribution in [2.45, 2.75) is 77.4 Å². The first-order chi connectivity index (χ1) is 21.1. The molecule has 1 aromatic heterocycles. The number of hydrogen-bond acceptors (Lipinski definition) is 8. The number of allylic oxidation sites excluding steroid dienone is 1. The Labute approximate surface area is 254 Å². The van der Waals surface area contributed by atoms with Crippen LogP contribution in [0.2, 0.25) is 0 Å². The van der Waals surface area contributed by atoms with Crippen molar-refractivity contribution in [1.82, 2.24) is 15.6 Å². The van der Waals surface area contributed by atoms with Crippen LogP contribution in [0.4, 0.5) is 4.39 Å². The number of esters is 1. The van der Waals surface area contributed by atoms with Crippen molar-refractivity contribution in [2.24, 2.45) is 5.92 Å². The van der Waals surface area contributed by atoms with Gasteiger partial charge in [-0.05, 0) is 78.8 Å². The number of cyclic esters (lactones) is 1. The smallest absolute Gasteiger partial charge is 0.343 e. The number of nitrogens with one attached hydrogen (secondary N) is 2. The molecule has 2 heterocycles. The number of rotatable bonds is 7. The number of halogens is 1. The zero-order valence-electron chi connectivity index (χ0n) is 25.1. The lowest BCUT2D eigenvalue weighted by Crippen LogP contribution is -2.46. The maximum absolute atomic E-state index is 15.2. The summed E-state index contributed by atoms with van der Waals surface area (Å²) in [6.07, 6.45) is 4.46. The van der Waals surface area contributed by atoms with Gasteiger partial charge in [-0.15, -0.1) is 0 Å². The number of amides is 2. The Kier molecular flexibility index (Phi) is 7.87. The molecule has 0 spiro atoms. The molecule has 3 N–H and O–H groups in total. The summed E-state index contributed by atoms with van der Waals surface area (Å²) in [6, 6.07) is 1.03. The molecule has 1 aromatic carbocycles. The molecule has 2 amide bonds. The van der Waals surface area contributed by atoms with E-state index in [1.807, 2.05) is 0 Å². The third-order valence-electron chi connectivity index (χ3n) is 9.52. The van der Waals surface area contributed by atoms with E-state index >= 15 is 4.39 Å². The highest BCUT2D eigenvalue weighted by Gasteiger charge is 2.47. The fraction of sp³-hybridized carbons (Fsp3) is 0.485.